The molecule has 0 fully saturated rings. The molecule has 28 heavy (non-hydrogen) atoms. The predicted molar refractivity (Wildman–Crippen MR) is 93.5 cm³/mol. The highest BCUT2D eigenvalue weighted by atomic mass is 35.5. The summed E-state index contributed by atoms with van der Waals surface area (Å²) < 4.78 is 54.4. The average molecular weight is 439 g/mol. The molecule has 2 N–H and O–H groups in total. The third-order valence-electron chi connectivity index (χ3n) is 4.13. The molecule has 0 saturated heterocycles. The number of halogens is 6. The Balaban J connectivity index is 2.49. The largest absolute Gasteiger partial charge is 0.478 e. The fraction of sp³-hybridized carbons (Fsp3) is 0.222. The van der Waals surface area contributed by atoms with Crippen LogP contribution >= 0.6 is 23.2 Å². The monoisotopic (exact) mass is 438 g/mol. The van der Waals surface area contributed by atoms with Gasteiger partial charge in [0.25, 0.3) is 0 Å². The maximum atomic E-state index is 13.6. The Morgan fingerprint density at radius 3 is 2.04 bits per heavy atom. The van der Waals surface area contributed by atoms with E-state index in [1.165, 1.54) is 6.92 Å². The molecule has 0 heterocycles. The number of aliphatic hydroxyl groups is 1. The van der Waals surface area contributed by atoms with Crippen LogP contribution in [0.3, 0.4) is 0 Å². The Morgan fingerprint density at radius 2 is 1.61 bits per heavy atom. The van der Waals surface area contributed by atoms with Crippen molar-refractivity contribution in [2.45, 2.75) is 25.1 Å². The molecule has 0 bridgehead atoms. The molecule has 150 valence electrons. The van der Waals surface area contributed by atoms with Crippen LogP contribution in [0.2, 0.25) is 10.0 Å². The number of ketones is 1. The highest BCUT2D eigenvalue weighted by molar-refractivity contribution is 6.35. The van der Waals surface area contributed by atoms with E-state index in [1.54, 1.807) is 0 Å². The smallest absolute Gasteiger partial charge is 0.421 e. The lowest BCUT2D eigenvalue weighted by Gasteiger charge is -2.31. The topological polar surface area (TPSA) is 74.6 Å². The number of rotatable bonds is 5. The Kier molecular flexibility index (Phi) is 6.08. The lowest BCUT2D eigenvalue weighted by molar-refractivity contribution is -0.264. The van der Waals surface area contributed by atoms with E-state index in [9.17, 15) is 32.3 Å². The molecule has 0 aliphatic rings. The Bertz CT molecular complexity index is 936. The first-order valence-electron chi connectivity index (χ1n) is 7.59. The summed E-state index contributed by atoms with van der Waals surface area (Å²) in [5.41, 5.74) is -4.79. The van der Waals surface area contributed by atoms with Gasteiger partial charge in [0.05, 0.1) is 22.0 Å². The fourth-order valence-corrected chi connectivity index (χ4v) is 3.06. The Labute approximate surface area is 166 Å². The van der Waals surface area contributed by atoms with Gasteiger partial charge in [0.15, 0.2) is 17.2 Å². The molecular formula is C18H12Cl2F4O4. The normalized spacial score (nSPS) is 13.9. The molecule has 0 aliphatic heterocycles. The molecule has 1 atom stereocenters. The van der Waals surface area contributed by atoms with Gasteiger partial charge in [0.1, 0.15) is 0 Å². The number of Topliss-reactive ketones (excluding diaryl/α,β-unsaturated/α-hetero) is 1. The average Bonchev–Trinajstić information content (AvgIpc) is 2.57. The summed E-state index contributed by atoms with van der Waals surface area (Å²) in [7, 11) is 0. The molecule has 0 aromatic heterocycles. The van der Waals surface area contributed by atoms with Crippen LogP contribution in [0.25, 0.3) is 0 Å². The molecule has 0 spiro atoms. The first-order valence-corrected chi connectivity index (χ1v) is 8.35. The van der Waals surface area contributed by atoms with Crippen molar-refractivity contribution in [1.82, 2.24) is 0 Å². The standard InChI is InChI=1S/C18H12Cl2F4O4/c1-8-4-9(2-3-11(8)16(26)27)14(25)7-17(28,18(22,23)24)10-5-12(19)15(21)13(20)6-10/h2-6,28H,7H2,1H3,(H,26,27). The molecule has 0 radical (unpaired) electrons. The summed E-state index contributed by atoms with van der Waals surface area (Å²) in [6.07, 6.45) is -6.76. The maximum absolute atomic E-state index is 13.6. The third-order valence-corrected chi connectivity index (χ3v) is 4.68. The zero-order valence-electron chi connectivity index (χ0n) is 14.1. The van der Waals surface area contributed by atoms with E-state index in [-0.39, 0.29) is 16.7 Å². The van der Waals surface area contributed by atoms with Crippen LogP contribution in [0.1, 0.15) is 38.3 Å². The zero-order valence-corrected chi connectivity index (χ0v) is 15.6. The minimum Gasteiger partial charge on any atom is -0.478 e. The molecule has 0 amide bonds. The van der Waals surface area contributed by atoms with Gasteiger partial charge in [-0.1, -0.05) is 29.3 Å². The quantitative estimate of drug-likeness (QED) is 0.384. The van der Waals surface area contributed by atoms with Crippen LogP contribution in [-0.4, -0.2) is 28.1 Å². The van der Waals surface area contributed by atoms with Crippen molar-refractivity contribution < 1.29 is 37.4 Å². The van der Waals surface area contributed by atoms with Crippen molar-refractivity contribution in [2.75, 3.05) is 0 Å². The molecule has 2 rings (SSSR count). The first kappa shape index (κ1) is 22.1. The number of carbonyl (C=O) groups is 2. The van der Waals surface area contributed by atoms with Gasteiger partial charge in [-0.15, -0.1) is 0 Å². The van der Waals surface area contributed by atoms with Crippen molar-refractivity contribution >= 4 is 35.0 Å². The summed E-state index contributed by atoms with van der Waals surface area (Å²) in [6, 6.07) is 4.31. The zero-order chi connectivity index (χ0) is 21.4. The van der Waals surface area contributed by atoms with Gasteiger partial charge in [-0.3, -0.25) is 4.79 Å². The first-order chi connectivity index (χ1) is 12.8. The van der Waals surface area contributed by atoms with Gasteiger partial charge in [0.2, 0.25) is 0 Å². The van der Waals surface area contributed by atoms with E-state index in [1.807, 2.05) is 0 Å². The number of benzene rings is 2. The Hall–Kier alpha value is -2.16. The van der Waals surface area contributed by atoms with Crippen LogP contribution in [0.4, 0.5) is 17.6 Å². The number of carboxylic acids is 1. The number of hydrogen-bond acceptors (Lipinski definition) is 3. The summed E-state index contributed by atoms with van der Waals surface area (Å²) >= 11 is 11.0. The van der Waals surface area contributed by atoms with Crippen LogP contribution in [0.5, 0.6) is 0 Å². The predicted octanol–water partition coefficient (Wildman–Crippen LogP) is 5.16. The van der Waals surface area contributed by atoms with Gasteiger partial charge < -0.3 is 10.2 Å². The molecule has 0 saturated carbocycles. The van der Waals surface area contributed by atoms with E-state index >= 15 is 0 Å². The molecule has 2 aromatic rings. The summed E-state index contributed by atoms with van der Waals surface area (Å²) in [6.45, 7) is 1.37. The number of aromatic carboxylic acids is 1. The third kappa shape index (κ3) is 4.14. The molecule has 10 heteroatoms. The van der Waals surface area contributed by atoms with Crippen molar-refractivity contribution in [3.05, 3.63) is 68.4 Å². The second-order valence-electron chi connectivity index (χ2n) is 6.05. The van der Waals surface area contributed by atoms with Gasteiger partial charge >= 0.3 is 12.1 Å². The second kappa shape index (κ2) is 7.69. The highest BCUT2D eigenvalue weighted by Gasteiger charge is 2.56. The lowest BCUT2D eigenvalue weighted by atomic mass is 9.86. The van der Waals surface area contributed by atoms with Crippen LogP contribution in [-0.2, 0) is 5.60 Å². The summed E-state index contributed by atoms with van der Waals surface area (Å²) in [4.78, 5) is 23.4. The minimum absolute atomic E-state index is 0.125. The Morgan fingerprint density at radius 1 is 1.07 bits per heavy atom. The number of carboxylic acid groups (broad SMARTS) is 1. The van der Waals surface area contributed by atoms with Crippen LogP contribution < -0.4 is 0 Å². The van der Waals surface area contributed by atoms with E-state index in [4.69, 9.17) is 28.3 Å². The molecule has 1 unspecified atom stereocenters. The summed E-state index contributed by atoms with van der Waals surface area (Å²) in [5.74, 6) is -3.54. The maximum Gasteiger partial charge on any atom is 0.421 e. The molecule has 0 aliphatic carbocycles. The SMILES string of the molecule is Cc1cc(C(=O)CC(O)(c2cc(Cl)c(F)c(Cl)c2)C(F)(F)F)ccc1C(=O)O. The van der Waals surface area contributed by atoms with Gasteiger partial charge in [0, 0.05) is 5.56 Å². The second-order valence-corrected chi connectivity index (χ2v) is 6.86. The number of carbonyl (C=O) groups excluding carboxylic acids is 1. The van der Waals surface area contributed by atoms with Crippen LogP contribution in [0.15, 0.2) is 30.3 Å². The highest BCUT2D eigenvalue weighted by Crippen LogP contribution is 2.44. The lowest BCUT2D eigenvalue weighted by Crippen LogP contribution is -2.44. The molecule has 2 aromatic carbocycles. The number of alkyl halides is 3. The molecule has 4 nitrogen and oxygen atoms in total. The van der Waals surface area contributed by atoms with E-state index in [2.05, 4.69) is 0 Å². The van der Waals surface area contributed by atoms with E-state index < -0.39 is 51.4 Å². The van der Waals surface area contributed by atoms with E-state index in [0.717, 1.165) is 18.2 Å². The van der Waals surface area contributed by atoms with Crippen LogP contribution in [0, 0.1) is 12.7 Å². The number of aryl methyl sites for hydroxylation is 1. The van der Waals surface area contributed by atoms with Crippen molar-refractivity contribution in [3.63, 3.8) is 0 Å². The van der Waals surface area contributed by atoms with Crippen molar-refractivity contribution in [3.8, 4) is 0 Å². The fourth-order valence-electron chi connectivity index (χ4n) is 2.57. The van der Waals surface area contributed by atoms with Gasteiger partial charge in [-0.05, 0) is 42.3 Å². The van der Waals surface area contributed by atoms with Gasteiger partial charge in [-0.2, -0.15) is 13.2 Å². The van der Waals surface area contributed by atoms with Crippen molar-refractivity contribution in [2.24, 2.45) is 0 Å². The molecular weight excluding hydrogens is 427 g/mol. The number of hydrogen-bond donors (Lipinski definition) is 2. The summed E-state index contributed by atoms with van der Waals surface area (Å²) in [5, 5.41) is 17.8. The van der Waals surface area contributed by atoms with E-state index in [0.29, 0.717) is 12.1 Å². The minimum atomic E-state index is -5.32. The van der Waals surface area contributed by atoms with Crippen molar-refractivity contribution in [1.29, 1.82) is 0 Å². The van der Waals surface area contributed by atoms with Gasteiger partial charge in [-0.25, -0.2) is 9.18 Å².